The highest BCUT2D eigenvalue weighted by atomic mass is 32.2. The van der Waals surface area contributed by atoms with Crippen LogP contribution >= 0.6 is 0 Å². The molecule has 1 amide bonds. The van der Waals surface area contributed by atoms with E-state index in [9.17, 15) is 18.3 Å². The van der Waals surface area contributed by atoms with Gasteiger partial charge in [-0.3, -0.25) is 4.79 Å². The summed E-state index contributed by atoms with van der Waals surface area (Å²) in [5.74, 6) is -0.716. The second kappa shape index (κ2) is 8.79. The van der Waals surface area contributed by atoms with Crippen molar-refractivity contribution in [1.29, 1.82) is 0 Å². The molecular formula is C19H23N3O4S. The van der Waals surface area contributed by atoms with Crippen molar-refractivity contribution in [3.63, 3.8) is 0 Å². The molecule has 2 aromatic carbocycles. The number of nitrogens with zero attached hydrogens (tertiary/aromatic N) is 1. The first-order valence-electron chi connectivity index (χ1n) is 8.40. The van der Waals surface area contributed by atoms with Crippen LogP contribution in [0.5, 0.6) is 5.75 Å². The summed E-state index contributed by atoms with van der Waals surface area (Å²) < 4.78 is 27.5. The van der Waals surface area contributed by atoms with Gasteiger partial charge in [0.2, 0.25) is 10.0 Å². The van der Waals surface area contributed by atoms with Gasteiger partial charge < -0.3 is 5.11 Å². The molecular weight excluding hydrogens is 366 g/mol. The Morgan fingerprint density at radius 3 is 2.22 bits per heavy atom. The molecule has 1 atom stereocenters. The van der Waals surface area contributed by atoms with Gasteiger partial charge in [-0.1, -0.05) is 31.5 Å². The Morgan fingerprint density at radius 1 is 1.07 bits per heavy atom. The van der Waals surface area contributed by atoms with Crippen molar-refractivity contribution >= 4 is 22.1 Å². The SMILES string of the molecule is Cc1ccc(S(=O)(=O)NC(C(=O)N/N=C/c2ccc(O)cc2)C(C)C)cc1. The maximum atomic E-state index is 12.5. The van der Waals surface area contributed by atoms with Crippen molar-refractivity contribution in [3.8, 4) is 5.75 Å². The average Bonchev–Trinajstić information content (AvgIpc) is 2.61. The van der Waals surface area contributed by atoms with Crippen LogP contribution in [0, 0.1) is 12.8 Å². The number of benzene rings is 2. The van der Waals surface area contributed by atoms with E-state index in [2.05, 4.69) is 15.2 Å². The Hall–Kier alpha value is -2.71. The minimum Gasteiger partial charge on any atom is -0.508 e. The van der Waals surface area contributed by atoms with E-state index in [0.717, 1.165) is 5.56 Å². The Bertz CT molecular complexity index is 905. The zero-order valence-corrected chi connectivity index (χ0v) is 16.2. The number of sulfonamides is 1. The Balaban J connectivity index is 2.08. The van der Waals surface area contributed by atoms with Crippen LogP contribution in [0.1, 0.15) is 25.0 Å². The number of hydrogen-bond donors (Lipinski definition) is 3. The Kier molecular flexibility index (Phi) is 6.70. The lowest BCUT2D eigenvalue weighted by Crippen LogP contribution is -2.48. The van der Waals surface area contributed by atoms with Crippen LogP contribution in [0.25, 0.3) is 0 Å². The quantitative estimate of drug-likeness (QED) is 0.498. The fraction of sp³-hybridized carbons (Fsp3) is 0.263. The number of nitrogens with one attached hydrogen (secondary N) is 2. The number of amides is 1. The molecule has 0 aliphatic rings. The number of aryl methyl sites for hydroxylation is 1. The van der Waals surface area contributed by atoms with Crippen molar-refractivity contribution in [2.45, 2.75) is 31.7 Å². The van der Waals surface area contributed by atoms with Gasteiger partial charge in [-0.15, -0.1) is 0 Å². The number of rotatable bonds is 7. The van der Waals surface area contributed by atoms with Gasteiger partial charge in [0.25, 0.3) is 5.91 Å². The highest BCUT2D eigenvalue weighted by Crippen LogP contribution is 2.13. The molecule has 0 saturated heterocycles. The minimum atomic E-state index is -3.84. The van der Waals surface area contributed by atoms with Gasteiger partial charge in [0, 0.05) is 0 Å². The summed E-state index contributed by atoms with van der Waals surface area (Å²) in [5, 5.41) is 13.1. The maximum absolute atomic E-state index is 12.5. The van der Waals surface area contributed by atoms with E-state index in [1.54, 1.807) is 38.1 Å². The van der Waals surface area contributed by atoms with Crippen LogP contribution in [0.4, 0.5) is 0 Å². The molecule has 0 aliphatic carbocycles. The van der Waals surface area contributed by atoms with E-state index >= 15 is 0 Å². The molecule has 1 unspecified atom stereocenters. The van der Waals surface area contributed by atoms with Crippen molar-refractivity contribution in [3.05, 3.63) is 59.7 Å². The van der Waals surface area contributed by atoms with Gasteiger partial charge in [0.05, 0.1) is 11.1 Å². The molecule has 0 saturated carbocycles. The van der Waals surface area contributed by atoms with Gasteiger partial charge in [-0.25, -0.2) is 13.8 Å². The topological polar surface area (TPSA) is 108 Å². The summed E-state index contributed by atoms with van der Waals surface area (Å²) in [6, 6.07) is 11.7. The molecule has 0 radical (unpaired) electrons. The second-order valence-electron chi connectivity index (χ2n) is 6.48. The van der Waals surface area contributed by atoms with Gasteiger partial charge in [0.1, 0.15) is 11.8 Å². The first-order valence-corrected chi connectivity index (χ1v) is 9.88. The largest absolute Gasteiger partial charge is 0.508 e. The normalized spacial score (nSPS) is 13.0. The Morgan fingerprint density at radius 2 is 1.67 bits per heavy atom. The Labute approximate surface area is 159 Å². The number of phenols is 1. The molecule has 0 fully saturated rings. The summed E-state index contributed by atoms with van der Waals surface area (Å²) >= 11 is 0. The van der Waals surface area contributed by atoms with Crippen LogP contribution in [0.2, 0.25) is 0 Å². The zero-order chi connectivity index (χ0) is 20.0. The first-order chi connectivity index (χ1) is 12.7. The van der Waals surface area contributed by atoms with Crippen LogP contribution in [-0.2, 0) is 14.8 Å². The van der Waals surface area contributed by atoms with Crippen LogP contribution in [-0.4, -0.2) is 31.7 Å². The zero-order valence-electron chi connectivity index (χ0n) is 15.4. The van der Waals surface area contributed by atoms with Crippen molar-refractivity contribution in [2.24, 2.45) is 11.0 Å². The minimum absolute atomic E-state index is 0.0964. The molecule has 8 heteroatoms. The van der Waals surface area contributed by atoms with Gasteiger partial charge >= 0.3 is 0 Å². The van der Waals surface area contributed by atoms with E-state index in [4.69, 9.17) is 0 Å². The highest BCUT2D eigenvalue weighted by molar-refractivity contribution is 7.89. The fourth-order valence-corrected chi connectivity index (χ4v) is 3.59. The lowest BCUT2D eigenvalue weighted by atomic mass is 10.1. The summed E-state index contributed by atoms with van der Waals surface area (Å²) in [7, 11) is -3.84. The predicted molar refractivity (Wildman–Crippen MR) is 104 cm³/mol. The molecule has 27 heavy (non-hydrogen) atoms. The maximum Gasteiger partial charge on any atom is 0.258 e. The molecule has 2 rings (SSSR count). The summed E-state index contributed by atoms with van der Waals surface area (Å²) in [4.78, 5) is 12.5. The first kappa shape index (κ1) is 20.6. The van der Waals surface area contributed by atoms with E-state index in [1.807, 2.05) is 6.92 Å². The molecule has 0 spiro atoms. The van der Waals surface area contributed by atoms with Gasteiger partial charge in [-0.05, 0) is 54.8 Å². The van der Waals surface area contributed by atoms with E-state index < -0.39 is 22.0 Å². The van der Waals surface area contributed by atoms with Crippen molar-refractivity contribution < 1.29 is 18.3 Å². The molecule has 3 N–H and O–H groups in total. The molecule has 0 aliphatic heterocycles. The highest BCUT2D eigenvalue weighted by Gasteiger charge is 2.28. The number of carbonyl (C=O) groups excluding carboxylic acids is 1. The van der Waals surface area contributed by atoms with E-state index in [-0.39, 0.29) is 16.6 Å². The molecule has 0 aromatic heterocycles. The van der Waals surface area contributed by atoms with Gasteiger partial charge in [-0.2, -0.15) is 9.82 Å². The van der Waals surface area contributed by atoms with Crippen molar-refractivity contribution in [2.75, 3.05) is 0 Å². The number of phenolic OH excluding ortho intramolecular Hbond substituents is 1. The van der Waals surface area contributed by atoms with E-state index in [1.165, 1.54) is 30.5 Å². The molecule has 2 aromatic rings. The predicted octanol–water partition coefficient (Wildman–Crippen LogP) is 2.15. The lowest BCUT2D eigenvalue weighted by Gasteiger charge is -2.20. The molecule has 0 bridgehead atoms. The van der Waals surface area contributed by atoms with Gasteiger partial charge in [0.15, 0.2) is 0 Å². The number of carbonyl (C=O) groups is 1. The monoisotopic (exact) mass is 389 g/mol. The smallest absolute Gasteiger partial charge is 0.258 e. The molecule has 0 heterocycles. The number of hydrazone groups is 1. The lowest BCUT2D eigenvalue weighted by molar-refractivity contribution is -0.123. The third-order valence-electron chi connectivity index (χ3n) is 3.84. The fourth-order valence-electron chi connectivity index (χ4n) is 2.25. The second-order valence-corrected chi connectivity index (χ2v) is 8.20. The van der Waals surface area contributed by atoms with Crippen LogP contribution < -0.4 is 10.1 Å². The summed E-state index contributed by atoms with van der Waals surface area (Å²) in [6.45, 7) is 5.34. The van der Waals surface area contributed by atoms with Crippen molar-refractivity contribution in [1.82, 2.24) is 10.1 Å². The number of aromatic hydroxyl groups is 1. The molecule has 144 valence electrons. The average molecular weight is 389 g/mol. The van der Waals surface area contributed by atoms with Crippen LogP contribution in [0.15, 0.2) is 58.5 Å². The molecule has 7 nitrogen and oxygen atoms in total. The third-order valence-corrected chi connectivity index (χ3v) is 5.30. The summed E-state index contributed by atoms with van der Waals surface area (Å²) in [5.41, 5.74) is 3.97. The number of hydrogen-bond acceptors (Lipinski definition) is 5. The standard InChI is InChI=1S/C19H23N3O4S/c1-13(2)18(22-27(25,26)17-10-4-14(3)5-11-17)19(24)21-20-12-15-6-8-16(23)9-7-15/h4-13,18,22-23H,1-3H3,(H,21,24)/b20-12+. The third kappa shape index (κ3) is 5.90. The van der Waals surface area contributed by atoms with E-state index in [0.29, 0.717) is 5.56 Å². The van der Waals surface area contributed by atoms with Crippen LogP contribution in [0.3, 0.4) is 0 Å². The summed E-state index contributed by atoms with van der Waals surface area (Å²) in [6.07, 6.45) is 1.41.